The van der Waals surface area contributed by atoms with Gasteiger partial charge in [-0.3, -0.25) is 9.79 Å². The molecule has 6 nitrogen and oxygen atoms in total. The maximum absolute atomic E-state index is 11.6. The summed E-state index contributed by atoms with van der Waals surface area (Å²) in [5.74, 6) is 0.531. The zero-order valence-corrected chi connectivity index (χ0v) is 16.6. The van der Waals surface area contributed by atoms with Gasteiger partial charge in [0.25, 0.3) is 5.91 Å². The van der Waals surface area contributed by atoms with Gasteiger partial charge in [-0.2, -0.15) is 5.10 Å². The summed E-state index contributed by atoms with van der Waals surface area (Å²) in [6.07, 6.45) is 0. The highest BCUT2D eigenvalue weighted by Crippen LogP contribution is 2.33. The van der Waals surface area contributed by atoms with Crippen molar-refractivity contribution in [1.82, 2.24) is 4.68 Å². The van der Waals surface area contributed by atoms with Crippen LogP contribution in [0.1, 0.15) is 18.7 Å². The van der Waals surface area contributed by atoms with Crippen molar-refractivity contribution in [3.63, 3.8) is 0 Å². The topological polar surface area (TPSA) is 68.0 Å². The van der Waals surface area contributed by atoms with E-state index in [2.05, 4.69) is 16.4 Å². The van der Waals surface area contributed by atoms with E-state index < -0.39 is 0 Å². The SMILES string of the molecule is CCN=c1scc(-c2ccc3c(c2)NC(=O)CO3)n1N=C(C)c1cccs1. The number of hydrogen-bond acceptors (Lipinski definition) is 6. The van der Waals surface area contributed by atoms with Gasteiger partial charge in [0.15, 0.2) is 6.61 Å². The largest absolute Gasteiger partial charge is 0.482 e. The van der Waals surface area contributed by atoms with Gasteiger partial charge in [0.05, 0.1) is 22.0 Å². The van der Waals surface area contributed by atoms with Crippen LogP contribution in [0.4, 0.5) is 5.69 Å². The van der Waals surface area contributed by atoms with E-state index >= 15 is 0 Å². The summed E-state index contributed by atoms with van der Waals surface area (Å²) in [6, 6.07) is 9.83. The number of anilines is 1. The fourth-order valence-electron chi connectivity index (χ4n) is 2.76. The van der Waals surface area contributed by atoms with E-state index in [4.69, 9.17) is 9.84 Å². The molecule has 0 saturated heterocycles. The minimum absolute atomic E-state index is 0.0502. The lowest BCUT2D eigenvalue weighted by atomic mass is 10.1. The third-order valence-electron chi connectivity index (χ3n) is 4.01. The second-order valence-electron chi connectivity index (χ2n) is 5.90. The van der Waals surface area contributed by atoms with Crippen LogP contribution in [0.25, 0.3) is 11.3 Å². The third-order valence-corrected chi connectivity index (χ3v) is 5.85. The molecule has 0 fully saturated rings. The van der Waals surface area contributed by atoms with E-state index in [0.29, 0.717) is 18.0 Å². The van der Waals surface area contributed by atoms with Gasteiger partial charge in [0.2, 0.25) is 4.80 Å². The van der Waals surface area contributed by atoms with Crippen molar-refractivity contribution in [1.29, 1.82) is 0 Å². The minimum atomic E-state index is -0.147. The highest BCUT2D eigenvalue weighted by molar-refractivity contribution is 7.12. The first kappa shape index (κ1) is 17.7. The van der Waals surface area contributed by atoms with Crippen LogP contribution in [-0.2, 0) is 4.79 Å². The first-order valence-electron chi connectivity index (χ1n) is 8.53. The zero-order valence-electron chi connectivity index (χ0n) is 14.9. The molecule has 1 N–H and O–H groups in total. The van der Waals surface area contributed by atoms with E-state index in [1.165, 1.54) is 0 Å². The standard InChI is InChI=1S/C19H18N4O2S2/c1-3-20-19-23(22-12(2)17-5-4-8-26-17)15(11-27-19)13-6-7-16-14(9-13)21-18(24)10-25-16/h4-9,11H,3,10H2,1-2H3,(H,21,24). The highest BCUT2D eigenvalue weighted by atomic mass is 32.1. The molecular weight excluding hydrogens is 380 g/mol. The molecule has 3 aromatic rings. The number of ether oxygens (including phenoxy) is 1. The third kappa shape index (κ3) is 3.58. The summed E-state index contributed by atoms with van der Waals surface area (Å²) < 4.78 is 7.32. The average Bonchev–Trinajstić information content (AvgIpc) is 3.32. The van der Waals surface area contributed by atoms with Crippen LogP contribution in [0.5, 0.6) is 5.75 Å². The van der Waals surface area contributed by atoms with Crippen LogP contribution in [0.15, 0.2) is 51.2 Å². The Morgan fingerprint density at radius 1 is 1.33 bits per heavy atom. The van der Waals surface area contributed by atoms with Crippen LogP contribution in [-0.4, -0.2) is 29.4 Å². The Bertz CT molecular complexity index is 1080. The predicted molar refractivity (Wildman–Crippen MR) is 110 cm³/mol. The van der Waals surface area contributed by atoms with Gasteiger partial charge in [-0.15, -0.1) is 22.7 Å². The van der Waals surface area contributed by atoms with Gasteiger partial charge < -0.3 is 10.1 Å². The first-order chi connectivity index (χ1) is 13.2. The molecule has 138 valence electrons. The maximum atomic E-state index is 11.6. The number of carbonyl (C=O) groups excluding carboxylic acids is 1. The fraction of sp³-hybridized carbons (Fsp3) is 0.211. The van der Waals surface area contributed by atoms with E-state index in [0.717, 1.165) is 26.6 Å². The van der Waals surface area contributed by atoms with E-state index in [1.807, 2.05) is 53.5 Å². The molecule has 0 aliphatic carbocycles. The Balaban J connectivity index is 1.82. The molecule has 0 bridgehead atoms. The first-order valence-corrected chi connectivity index (χ1v) is 10.3. The van der Waals surface area contributed by atoms with E-state index in [-0.39, 0.29) is 12.5 Å². The number of rotatable bonds is 4. The van der Waals surface area contributed by atoms with Crippen molar-refractivity contribution in [3.8, 4) is 17.0 Å². The Morgan fingerprint density at radius 2 is 2.22 bits per heavy atom. The molecule has 0 saturated carbocycles. The number of carbonyl (C=O) groups is 1. The quantitative estimate of drug-likeness (QED) is 0.679. The smallest absolute Gasteiger partial charge is 0.262 e. The van der Waals surface area contributed by atoms with E-state index in [1.54, 1.807) is 22.7 Å². The number of aromatic nitrogens is 1. The number of fused-ring (bicyclic) bond motifs is 1. The van der Waals surface area contributed by atoms with Crippen molar-refractivity contribution in [3.05, 3.63) is 50.8 Å². The molecule has 1 amide bonds. The number of nitrogens with one attached hydrogen (secondary N) is 1. The Labute approximate surface area is 164 Å². The minimum Gasteiger partial charge on any atom is -0.482 e. The van der Waals surface area contributed by atoms with Crippen LogP contribution >= 0.6 is 22.7 Å². The lowest BCUT2D eigenvalue weighted by Gasteiger charge is -2.18. The molecule has 3 heterocycles. The fourth-order valence-corrected chi connectivity index (χ4v) is 4.33. The van der Waals surface area contributed by atoms with Crippen LogP contribution in [0, 0.1) is 0 Å². The molecular formula is C19H18N4O2S2. The van der Waals surface area contributed by atoms with Gasteiger partial charge in [-0.25, -0.2) is 4.68 Å². The van der Waals surface area contributed by atoms with Crippen molar-refractivity contribution in [2.75, 3.05) is 18.5 Å². The van der Waals surface area contributed by atoms with Crippen molar-refractivity contribution < 1.29 is 9.53 Å². The molecule has 1 aliphatic heterocycles. The summed E-state index contributed by atoms with van der Waals surface area (Å²) in [5.41, 5.74) is 3.47. The van der Waals surface area contributed by atoms with Gasteiger partial charge >= 0.3 is 0 Å². The van der Waals surface area contributed by atoms with E-state index in [9.17, 15) is 4.79 Å². The highest BCUT2D eigenvalue weighted by Gasteiger charge is 2.18. The molecule has 0 radical (unpaired) electrons. The summed E-state index contributed by atoms with van der Waals surface area (Å²) in [7, 11) is 0. The van der Waals surface area contributed by atoms with Crippen LogP contribution in [0.3, 0.4) is 0 Å². The molecule has 2 aromatic heterocycles. The second kappa shape index (κ2) is 7.50. The number of benzene rings is 1. The monoisotopic (exact) mass is 398 g/mol. The maximum Gasteiger partial charge on any atom is 0.262 e. The molecule has 0 unspecified atom stereocenters. The number of hydrogen-bond donors (Lipinski definition) is 1. The molecule has 27 heavy (non-hydrogen) atoms. The number of thiophene rings is 1. The Morgan fingerprint density at radius 3 is 3.00 bits per heavy atom. The zero-order chi connectivity index (χ0) is 18.8. The molecule has 8 heteroatoms. The van der Waals surface area contributed by atoms with Gasteiger partial charge in [-0.05, 0) is 43.5 Å². The number of nitrogens with zero attached hydrogens (tertiary/aromatic N) is 3. The Kier molecular flexibility index (Phi) is 4.91. The van der Waals surface area contributed by atoms with Crippen LogP contribution < -0.4 is 14.9 Å². The van der Waals surface area contributed by atoms with Gasteiger partial charge in [0, 0.05) is 17.5 Å². The lowest BCUT2D eigenvalue weighted by molar-refractivity contribution is -0.118. The lowest BCUT2D eigenvalue weighted by Crippen LogP contribution is -2.25. The second-order valence-corrected chi connectivity index (χ2v) is 7.68. The molecule has 0 atom stereocenters. The van der Waals surface area contributed by atoms with Crippen molar-refractivity contribution >= 4 is 40.0 Å². The number of amides is 1. The van der Waals surface area contributed by atoms with Gasteiger partial charge in [0.1, 0.15) is 5.75 Å². The summed E-state index contributed by atoms with van der Waals surface area (Å²) in [6.45, 7) is 4.73. The van der Waals surface area contributed by atoms with Gasteiger partial charge in [-0.1, -0.05) is 6.07 Å². The average molecular weight is 399 g/mol. The van der Waals surface area contributed by atoms with Crippen LogP contribution in [0.2, 0.25) is 0 Å². The normalized spacial score (nSPS) is 14.7. The van der Waals surface area contributed by atoms with Crippen molar-refractivity contribution in [2.24, 2.45) is 10.1 Å². The predicted octanol–water partition coefficient (Wildman–Crippen LogP) is 3.80. The molecule has 1 aromatic carbocycles. The summed E-state index contributed by atoms with van der Waals surface area (Å²) >= 11 is 3.20. The summed E-state index contributed by atoms with van der Waals surface area (Å²) in [5, 5.41) is 11.8. The molecule has 1 aliphatic rings. The number of thiazole rings is 1. The summed E-state index contributed by atoms with van der Waals surface area (Å²) in [4.78, 5) is 18.2. The molecule has 0 spiro atoms. The molecule has 4 rings (SSSR count). The Hall–Kier alpha value is -2.71. The van der Waals surface area contributed by atoms with Crippen molar-refractivity contribution in [2.45, 2.75) is 13.8 Å².